The molecule has 0 unspecified atom stereocenters. The van der Waals surface area contributed by atoms with Gasteiger partial charge in [-0.1, -0.05) is 6.92 Å². The molecule has 0 aliphatic heterocycles. The molecule has 42 heavy (non-hydrogen) atoms. The summed E-state index contributed by atoms with van der Waals surface area (Å²) < 4.78 is 16.5. The number of aliphatic hydroxyl groups is 6. The van der Waals surface area contributed by atoms with Crippen LogP contribution < -0.4 is 0 Å². The first-order valence-corrected chi connectivity index (χ1v) is 14.5. The molecular weight excluding hydrogens is 558 g/mol. The maximum absolute atomic E-state index is 12.5. The Morgan fingerprint density at radius 2 is 0.714 bits per heavy atom. The summed E-state index contributed by atoms with van der Waals surface area (Å²) in [6.45, 7) is 3.01. The van der Waals surface area contributed by atoms with Crippen molar-refractivity contribution in [2.75, 3.05) is 118 Å². The van der Waals surface area contributed by atoms with Gasteiger partial charge in [0.25, 0.3) is 0 Å². The second-order valence-electron chi connectivity index (χ2n) is 9.95. The molecule has 0 heterocycles. The topological polar surface area (TPSA) is 210 Å². The fraction of sp³-hybridized carbons (Fsp3) is 0.889. The predicted molar refractivity (Wildman–Crippen MR) is 151 cm³/mol. The summed E-state index contributed by atoms with van der Waals surface area (Å²) in [5.74, 6) is -1.63. The molecule has 0 aromatic rings. The number of esters is 3. The second-order valence-corrected chi connectivity index (χ2v) is 9.95. The Kier molecular flexibility index (Phi) is 24.4. The molecule has 0 aliphatic carbocycles. The minimum absolute atomic E-state index is 0.00350. The fourth-order valence-corrected chi connectivity index (χ4v) is 3.95. The van der Waals surface area contributed by atoms with Crippen molar-refractivity contribution in [3.63, 3.8) is 0 Å². The first kappa shape index (κ1) is 40.1. The minimum atomic E-state index is -1.03. The highest BCUT2D eigenvalue weighted by Crippen LogP contribution is 2.25. The summed E-state index contributed by atoms with van der Waals surface area (Å²) in [5, 5.41) is 54.9. The first-order chi connectivity index (χ1) is 20.2. The van der Waals surface area contributed by atoms with Crippen molar-refractivity contribution in [1.29, 1.82) is 0 Å². The zero-order valence-corrected chi connectivity index (χ0v) is 25.0. The molecule has 0 amide bonds. The van der Waals surface area contributed by atoms with E-state index in [-0.39, 0.29) is 98.4 Å². The quantitative estimate of drug-likeness (QED) is 0.0386. The Labute approximate surface area is 248 Å². The van der Waals surface area contributed by atoms with Crippen LogP contribution in [0.15, 0.2) is 0 Å². The largest absolute Gasteiger partial charge is 0.465 e. The Morgan fingerprint density at radius 1 is 0.476 bits per heavy atom. The van der Waals surface area contributed by atoms with E-state index >= 15 is 0 Å². The Bertz CT molecular complexity index is 610. The lowest BCUT2D eigenvalue weighted by molar-refractivity contribution is -0.162. The highest BCUT2D eigenvalue weighted by molar-refractivity contribution is 5.70. The summed E-state index contributed by atoms with van der Waals surface area (Å²) in [5.41, 5.74) is -1.03. The van der Waals surface area contributed by atoms with Crippen LogP contribution in [0.5, 0.6) is 0 Å². The van der Waals surface area contributed by atoms with Crippen LogP contribution in [0.2, 0.25) is 0 Å². The van der Waals surface area contributed by atoms with Crippen LogP contribution >= 0.6 is 0 Å². The number of carbonyl (C=O) groups is 3. The van der Waals surface area contributed by atoms with Gasteiger partial charge in [-0.25, -0.2) is 0 Å². The van der Waals surface area contributed by atoms with Crippen LogP contribution in [0.3, 0.4) is 0 Å². The molecular formula is C27H53N3O12. The molecule has 0 aliphatic rings. The summed E-state index contributed by atoms with van der Waals surface area (Å²) >= 11 is 0. The van der Waals surface area contributed by atoms with Crippen LogP contribution in [0.25, 0.3) is 0 Å². The van der Waals surface area contributed by atoms with Gasteiger partial charge in [-0.2, -0.15) is 0 Å². The van der Waals surface area contributed by atoms with Crippen molar-refractivity contribution in [3.8, 4) is 0 Å². The predicted octanol–water partition coefficient (Wildman–Crippen LogP) is -2.96. The number of hydrogen-bond donors (Lipinski definition) is 6. The van der Waals surface area contributed by atoms with Gasteiger partial charge in [-0.15, -0.1) is 0 Å². The van der Waals surface area contributed by atoms with Gasteiger partial charge >= 0.3 is 17.9 Å². The maximum Gasteiger partial charge on any atom is 0.307 e. The van der Waals surface area contributed by atoms with Crippen LogP contribution in [0, 0.1) is 5.41 Å². The smallest absolute Gasteiger partial charge is 0.307 e. The molecule has 0 aromatic heterocycles. The Balaban J connectivity index is 5.27. The van der Waals surface area contributed by atoms with E-state index in [2.05, 4.69) is 0 Å². The van der Waals surface area contributed by atoms with Crippen molar-refractivity contribution in [3.05, 3.63) is 0 Å². The molecule has 0 spiro atoms. The third-order valence-corrected chi connectivity index (χ3v) is 6.76. The number of carbonyl (C=O) groups excluding carboxylic acids is 3. The highest BCUT2D eigenvalue weighted by atomic mass is 16.6. The average Bonchev–Trinajstić information content (AvgIpc) is 2.98. The van der Waals surface area contributed by atoms with Crippen molar-refractivity contribution in [2.24, 2.45) is 5.41 Å². The lowest BCUT2D eigenvalue weighted by Gasteiger charge is -2.31. The van der Waals surface area contributed by atoms with Crippen molar-refractivity contribution in [1.82, 2.24) is 14.7 Å². The molecule has 248 valence electrons. The van der Waals surface area contributed by atoms with Crippen LogP contribution in [-0.4, -0.2) is 182 Å². The molecule has 6 N–H and O–H groups in total. The molecule has 0 bridgehead atoms. The van der Waals surface area contributed by atoms with Gasteiger partial charge in [0, 0.05) is 58.9 Å². The fourth-order valence-electron chi connectivity index (χ4n) is 3.95. The molecule has 0 atom stereocenters. The van der Waals surface area contributed by atoms with E-state index in [1.54, 1.807) is 21.6 Å². The van der Waals surface area contributed by atoms with Crippen LogP contribution in [0.1, 0.15) is 32.6 Å². The molecule has 15 heteroatoms. The monoisotopic (exact) mass is 611 g/mol. The standard InChI is InChI=1S/C27H53N3O12/c1-2-27(21-40-24(37)3-6-28(9-15-31)10-16-32,22-41-25(38)4-7-29(11-17-33)12-18-34)23-42-26(39)5-8-30(13-19-35)14-20-36/h31-36H,2-23H2,1H3. The van der Waals surface area contributed by atoms with Crippen molar-refractivity contribution < 1.29 is 59.2 Å². The van der Waals surface area contributed by atoms with Crippen LogP contribution in [-0.2, 0) is 28.6 Å². The molecule has 0 radical (unpaired) electrons. The lowest BCUT2D eigenvalue weighted by atomic mass is 9.88. The molecule has 0 fully saturated rings. The summed E-state index contributed by atoms with van der Waals surface area (Å²) in [4.78, 5) is 42.7. The van der Waals surface area contributed by atoms with Gasteiger partial charge < -0.3 is 44.8 Å². The molecule has 0 aromatic carbocycles. The first-order valence-electron chi connectivity index (χ1n) is 14.5. The van der Waals surface area contributed by atoms with Crippen LogP contribution in [0.4, 0.5) is 0 Å². The number of aliphatic hydroxyl groups excluding tert-OH is 6. The van der Waals surface area contributed by atoms with E-state index < -0.39 is 23.3 Å². The van der Waals surface area contributed by atoms with E-state index in [0.29, 0.717) is 45.7 Å². The van der Waals surface area contributed by atoms with E-state index in [9.17, 15) is 14.4 Å². The van der Waals surface area contributed by atoms with E-state index in [0.717, 1.165) is 0 Å². The number of ether oxygens (including phenoxy) is 3. The summed E-state index contributed by atoms with van der Waals surface area (Å²) in [7, 11) is 0. The highest BCUT2D eigenvalue weighted by Gasteiger charge is 2.34. The van der Waals surface area contributed by atoms with Gasteiger partial charge in [0.1, 0.15) is 19.8 Å². The molecule has 0 saturated heterocycles. The normalized spacial score (nSPS) is 11.9. The van der Waals surface area contributed by atoms with Gasteiger partial charge in [0.05, 0.1) is 64.3 Å². The average molecular weight is 612 g/mol. The summed E-state index contributed by atoms with van der Waals surface area (Å²) in [6.07, 6.45) is 0.327. The zero-order chi connectivity index (χ0) is 31.6. The third kappa shape index (κ3) is 19.3. The molecule has 0 rings (SSSR count). The molecule has 0 saturated carbocycles. The van der Waals surface area contributed by atoms with Gasteiger partial charge in [-0.3, -0.25) is 29.1 Å². The lowest BCUT2D eigenvalue weighted by Crippen LogP contribution is -2.40. The van der Waals surface area contributed by atoms with E-state index in [1.807, 2.05) is 0 Å². The Hall–Kier alpha value is -1.95. The second kappa shape index (κ2) is 25.5. The van der Waals surface area contributed by atoms with Gasteiger partial charge in [0.2, 0.25) is 0 Å². The minimum Gasteiger partial charge on any atom is -0.465 e. The van der Waals surface area contributed by atoms with Gasteiger partial charge in [-0.05, 0) is 6.42 Å². The molecule has 15 nitrogen and oxygen atoms in total. The van der Waals surface area contributed by atoms with Crippen molar-refractivity contribution >= 4 is 17.9 Å². The van der Waals surface area contributed by atoms with Crippen molar-refractivity contribution in [2.45, 2.75) is 32.6 Å². The van der Waals surface area contributed by atoms with Gasteiger partial charge in [0.15, 0.2) is 0 Å². The van der Waals surface area contributed by atoms with E-state index in [1.165, 1.54) is 0 Å². The SMILES string of the molecule is CCC(COC(=O)CCN(CCO)CCO)(COC(=O)CCN(CCO)CCO)COC(=O)CCN(CCO)CCO. The zero-order valence-electron chi connectivity index (χ0n) is 25.0. The number of hydrogen-bond acceptors (Lipinski definition) is 15. The third-order valence-electron chi connectivity index (χ3n) is 6.76. The number of nitrogens with zero attached hydrogens (tertiary/aromatic N) is 3. The van der Waals surface area contributed by atoms with E-state index in [4.69, 9.17) is 44.8 Å². The summed E-state index contributed by atoms with van der Waals surface area (Å²) in [6, 6.07) is 0. The number of rotatable bonds is 28. The Morgan fingerprint density at radius 3 is 0.905 bits per heavy atom. The maximum atomic E-state index is 12.5.